The maximum atomic E-state index is 4.41. The Balaban J connectivity index is 2.01. The van der Waals surface area contributed by atoms with Crippen LogP contribution in [0.15, 0.2) is 61.3 Å². The number of nitrogens with one attached hydrogen (secondary N) is 1. The molecule has 1 N–H and O–H groups in total. The SMILES string of the molecule is c1ccc(-c2ncnc(-c3ccccn3)c2-c2cn[nH]n2)nc1. The van der Waals surface area contributed by atoms with E-state index in [2.05, 4.69) is 35.3 Å². The minimum absolute atomic E-state index is 0.645. The smallest absolute Gasteiger partial charge is 0.117 e. The Hall–Kier alpha value is -3.48. The third-order valence-electron chi connectivity index (χ3n) is 3.33. The lowest BCUT2D eigenvalue weighted by Gasteiger charge is -2.10. The predicted octanol–water partition coefficient (Wildman–Crippen LogP) is 2.39. The van der Waals surface area contributed by atoms with Gasteiger partial charge < -0.3 is 0 Å². The van der Waals surface area contributed by atoms with E-state index in [1.54, 1.807) is 18.6 Å². The minimum Gasteiger partial charge on any atom is -0.255 e. The number of nitrogens with zero attached hydrogens (tertiary/aromatic N) is 6. The standard InChI is InChI=1S/C16H11N7/c1-3-7-17-11(5-1)15-14(13-9-21-23-22-13)16(20-10-19-15)12-6-2-4-8-18-12/h1-10H,(H,21,22,23). The highest BCUT2D eigenvalue weighted by molar-refractivity contribution is 5.87. The van der Waals surface area contributed by atoms with Crippen molar-refractivity contribution in [2.75, 3.05) is 0 Å². The Morgan fingerprint density at radius 1 is 0.696 bits per heavy atom. The van der Waals surface area contributed by atoms with Crippen LogP contribution in [0.3, 0.4) is 0 Å². The highest BCUT2D eigenvalue weighted by atomic mass is 15.3. The van der Waals surface area contributed by atoms with Crippen LogP contribution < -0.4 is 0 Å². The van der Waals surface area contributed by atoms with Crippen molar-refractivity contribution in [3.8, 4) is 34.0 Å². The fraction of sp³-hybridized carbons (Fsp3) is 0. The molecule has 0 aliphatic carbocycles. The van der Waals surface area contributed by atoms with Gasteiger partial charge in [-0.05, 0) is 24.3 Å². The van der Waals surface area contributed by atoms with E-state index in [9.17, 15) is 0 Å². The Morgan fingerprint density at radius 3 is 1.83 bits per heavy atom. The first-order valence-corrected chi connectivity index (χ1v) is 6.97. The van der Waals surface area contributed by atoms with Crippen molar-refractivity contribution in [1.29, 1.82) is 0 Å². The van der Waals surface area contributed by atoms with E-state index >= 15 is 0 Å². The molecule has 0 aromatic carbocycles. The van der Waals surface area contributed by atoms with E-state index in [1.165, 1.54) is 6.33 Å². The molecule has 4 rings (SSSR count). The van der Waals surface area contributed by atoms with Gasteiger partial charge in [0.2, 0.25) is 0 Å². The molecular weight excluding hydrogens is 290 g/mol. The molecule has 0 fully saturated rings. The fourth-order valence-corrected chi connectivity index (χ4v) is 2.34. The third kappa shape index (κ3) is 2.44. The molecule has 0 aliphatic rings. The normalized spacial score (nSPS) is 10.6. The number of hydrogen-bond acceptors (Lipinski definition) is 6. The van der Waals surface area contributed by atoms with Crippen LogP contribution in [0.25, 0.3) is 34.0 Å². The minimum atomic E-state index is 0.645. The number of hydrogen-bond donors (Lipinski definition) is 1. The second-order valence-electron chi connectivity index (χ2n) is 4.73. The summed E-state index contributed by atoms with van der Waals surface area (Å²) in [6.07, 6.45) is 6.60. The van der Waals surface area contributed by atoms with Gasteiger partial charge in [-0.25, -0.2) is 9.97 Å². The second kappa shape index (κ2) is 5.72. The third-order valence-corrected chi connectivity index (χ3v) is 3.33. The zero-order valence-electron chi connectivity index (χ0n) is 12.0. The molecule has 0 saturated carbocycles. The van der Waals surface area contributed by atoms with Crippen LogP contribution in [0.1, 0.15) is 0 Å². The summed E-state index contributed by atoms with van der Waals surface area (Å²) in [5.74, 6) is 0. The molecular formula is C16H11N7. The Morgan fingerprint density at radius 2 is 1.35 bits per heavy atom. The van der Waals surface area contributed by atoms with Gasteiger partial charge in [0.15, 0.2) is 0 Å². The van der Waals surface area contributed by atoms with Gasteiger partial charge in [0, 0.05) is 12.4 Å². The van der Waals surface area contributed by atoms with E-state index in [-0.39, 0.29) is 0 Å². The summed E-state index contributed by atoms with van der Waals surface area (Å²) < 4.78 is 0. The maximum absolute atomic E-state index is 4.41. The molecule has 4 aromatic heterocycles. The molecule has 110 valence electrons. The lowest BCUT2D eigenvalue weighted by molar-refractivity contribution is 0.941. The van der Waals surface area contributed by atoms with Gasteiger partial charge in [0.1, 0.15) is 23.4 Å². The van der Waals surface area contributed by atoms with Crippen molar-refractivity contribution >= 4 is 0 Å². The van der Waals surface area contributed by atoms with Crippen LogP contribution >= 0.6 is 0 Å². The average Bonchev–Trinajstić information content (AvgIpc) is 3.17. The summed E-state index contributed by atoms with van der Waals surface area (Å²) >= 11 is 0. The van der Waals surface area contributed by atoms with Gasteiger partial charge >= 0.3 is 0 Å². The number of rotatable bonds is 3. The number of H-pyrrole nitrogens is 1. The molecule has 0 bridgehead atoms. The Labute approximate surface area is 131 Å². The summed E-state index contributed by atoms with van der Waals surface area (Å²) in [6, 6.07) is 11.3. The Bertz CT molecular complexity index is 848. The molecule has 0 unspecified atom stereocenters. The summed E-state index contributed by atoms with van der Waals surface area (Å²) in [5.41, 5.74) is 4.26. The zero-order valence-corrected chi connectivity index (χ0v) is 12.0. The first-order valence-electron chi connectivity index (χ1n) is 6.97. The molecule has 7 nitrogen and oxygen atoms in total. The van der Waals surface area contributed by atoms with Crippen molar-refractivity contribution < 1.29 is 0 Å². The van der Waals surface area contributed by atoms with Crippen molar-refractivity contribution in [1.82, 2.24) is 35.3 Å². The lowest BCUT2D eigenvalue weighted by Crippen LogP contribution is -1.98. The van der Waals surface area contributed by atoms with E-state index in [1.807, 2.05) is 36.4 Å². The molecule has 0 radical (unpaired) electrons. The van der Waals surface area contributed by atoms with Gasteiger partial charge in [-0.3, -0.25) is 9.97 Å². The van der Waals surface area contributed by atoms with Crippen LogP contribution in [-0.2, 0) is 0 Å². The van der Waals surface area contributed by atoms with E-state index in [4.69, 9.17) is 0 Å². The van der Waals surface area contributed by atoms with Crippen LogP contribution in [0, 0.1) is 0 Å². The number of aromatic nitrogens is 7. The first-order chi connectivity index (χ1) is 11.4. The highest BCUT2D eigenvalue weighted by Gasteiger charge is 2.19. The van der Waals surface area contributed by atoms with Gasteiger partial charge in [0.25, 0.3) is 0 Å². The topological polar surface area (TPSA) is 93.1 Å². The van der Waals surface area contributed by atoms with Crippen molar-refractivity contribution in [2.45, 2.75) is 0 Å². The quantitative estimate of drug-likeness (QED) is 0.624. The zero-order chi connectivity index (χ0) is 15.5. The average molecular weight is 301 g/mol. The monoisotopic (exact) mass is 301 g/mol. The molecule has 0 saturated heterocycles. The molecule has 0 amide bonds. The van der Waals surface area contributed by atoms with Crippen molar-refractivity contribution in [2.24, 2.45) is 0 Å². The van der Waals surface area contributed by atoms with Gasteiger partial charge in [-0.2, -0.15) is 15.4 Å². The molecule has 0 spiro atoms. The Kier molecular flexibility index (Phi) is 3.28. The van der Waals surface area contributed by atoms with Crippen LogP contribution in [0.5, 0.6) is 0 Å². The molecule has 4 aromatic rings. The van der Waals surface area contributed by atoms with E-state index in [0.29, 0.717) is 17.1 Å². The molecule has 7 heteroatoms. The van der Waals surface area contributed by atoms with Crippen molar-refractivity contribution in [3.05, 3.63) is 61.3 Å². The highest BCUT2D eigenvalue weighted by Crippen LogP contribution is 2.34. The number of pyridine rings is 2. The van der Waals surface area contributed by atoms with Gasteiger partial charge in [-0.1, -0.05) is 12.1 Å². The van der Waals surface area contributed by atoms with Crippen LogP contribution in [0.4, 0.5) is 0 Å². The van der Waals surface area contributed by atoms with Crippen LogP contribution in [0.2, 0.25) is 0 Å². The summed E-state index contributed by atoms with van der Waals surface area (Å²) in [5, 5.41) is 10.7. The summed E-state index contributed by atoms with van der Waals surface area (Å²) in [4.78, 5) is 17.6. The molecule has 23 heavy (non-hydrogen) atoms. The molecule has 4 heterocycles. The first kappa shape index (κ1) is 13.2. The van der Waals surface area contributed by atoms with Gasteiger partial charge in [-0.15, -0.1) is 0 Å². The summed E-state index contributed by atoms with van der Waals surface area (Å²) in [6.45, 7) is 0. The molecule has 0 aliphatic heterocycles. The maximum Gasteiger partial charge on any atom is 0.117 e. The van der Waals surface area contributed by atoms with E-state index in [0.717, 1.165) is 17.0 Å². The number of aromatic amines is 1. The lowest BCUT2D eigenvalue weighted by atomic mass is 10.0. The van der Waals surface area contributed by atoms with E-state index < -0.39 is 0 Å². The van der Waals surface area contributed by atoms with Crippen LogP contribution in [-0.4, -0.2) is 35.3 Å². The van der Waals surface area contributed by atoms with Crippen molar-refractivity contribution in [3.63, 3.8) is 0 Å². The molecule has 0 atom stereocenters. The predicted molar refractivity (Wildman–Crippen MR) is 83.9 cm³/mol. The van der Waals surface area contributed by atoms with Gasteiger partial charge in [0.05, 0.1) is 23.1 Å². The largest absolute Gasteiger partial charge is 0.255 e. The fourth-order valence-electron chi connectivity index (χ4n) is 2.34. The summed E-state index contributed by atoms with van der Waals surface area (Å²) in [7, 11) is 0. The second-order valence-corrected chi connectivity index (χ2v) is 4.73.